The third-order valence-electron chi connectivity index (χ3n) is 2.81. The molecule has 0 fully saturated rings. The molecule has 0 aliphatic rings. The Morgan fingerprint density at radius 2 is 2.33 bits per heavy atom. The van der Waals surface area contributed by atoms with Crippen LogP contribution in [0.5, 0.6) is 0 Å². The van der Waals surface area contributed by atoms with Gasteiger partial charge in [0.2, 0.25) is 11.7 Å². The molecule has 0 aromatic carbocycles. The van der Waals surface area contributed by atoms with Crippen LogP contribution in [0.3, 0.4) is 0 Å². The smallest absolute Gasteiger partial charge is 0.243 e. The van der Waals surface area contributed by atoms with E-state index in [2.05, 4.69) is 20.4 Å². The highest BCUT2D eigenvalue weighted by Crippen LogP contribution is 2.24. The Kier molecular flexibility index (Phi) is 2.81. The van der Waals surface area contributed by atoms with Crippen molar-refractivity contribution in [1.82, 2.24) is 20.4 Å². The number of nitrogens with zero attached hydrogens (tertiary/aromatic N) is 3. The predicted molar refractivity (Wildman–Crippen MR) is 70.4 cm³/mol. The zero-order chi connectivity index (χ0) is 12.5. The van der Waals surface area contributed by atoms with Gasteiger partial charge in [-0.05, 0) is 31.5 Å². The van der Waals surface area contributed by atoms with E-state index in [-0.39, 0.29) is 6.04 Å². The van der Waals surface area contributed by atoms with Crippen molar-refractivity contribution in [2.75, 3.05) is 7.05 Å². The Labute approximate surface area is 108 Å². The molecule has 1 unspecified atom stereocenters. The van der Waals surface area contributed by atoms with Gasteiger partial charge in [0, 0.05) is 11.8 Å². The van der Waals surface area contributed by atoms with E-state index in [1.54, 1.807) is 17.5 Å². The number of pyridine rings is 1. The maximum atomic E-state index is 5.22. The number of rotatable bonds is 3. The van der Waals surface area contributed by atoms with E-state index in [1.165, 1.54) is 0 Å². The normalized spacial score (nSPS) is 13.0. The van der Waals surface area contributed by atoms with Crippen LogP contribution in [0.1, 0.15) is 18.9 Å². The Morgan fingerprint density at radius 3 is 3.17 bits per heavy atom. The minimum atomic E-state index is 0.0460. The molecule has 18 heavy (non-hydrogen) atoms. The van der Waals surface area contributed by atoms with Crippen molar-refractivity contribution in [2.45, 2.75) is 13.0 Å². The molecule has 0 saturated carbocycles. The second-order valence-electron chi connectivity index (χ2n) is 3.99. The van der Waals surface area contributed by atoms with Gasteiger partial charge in [-0.15, -0.1) is 11.3 Å². The number of nitrogens with one attached hydrogen (secondary N) is 1. The topological polar surface area (TPSA) is 63.8 Å². The molecular formula is C12H12N4OS. The first kappa shape index (κ1) is 11.3. The summed E-state index contributed by atoms with van der Waals surface area (Å²) in [5, 5.41) is 9.07. The van der Waals surface area contributed by atoms with Crippen LogP contribution in [0, 0.1) is 0 Å². The largest absolute Gasteiger partial charge is 0.337 e. The van der Waals surface area contributed by atoms with Crippen molar-refractivity contribution in [1.29, 1.82) is 0 Å². The monoisotopic (exact) mass is 260 g/mol. The van der Waals surface area contributed by atoms with Gasteiger partial charge in [0.05, 0.1) is 16.3 Å². The van der Waals surface area contributed by atoms with Crippen molar-refractivity contribution in [3.8, 4) is 11.4 Å². The molecule has 0 bridgehead atoms. The Bertz CT molecular complexity index is 675. The summed E-state index contributed by atoms with van der Waals surface area (Å²) in [4.78, 5) is 8.73. The fourth-order valence-electron chi connectivity index (χ4n) is 1.62. The second-order valence-corrected chi connectivity index (χ2v) is 4.94. The first-order valence-electron chi connectivity index (χ1n) is 5.62. The summed E-state index contributed by atoms with van der Waals surface area (Å²) < 4.78 is 6.34. The molecule has 0 amide bonds. The molecule has 0 aliphatic heterocycles. The van der Waals surface area contributed by atoms with Crippen molar-refractivity contribution in [3.05, 3.63) is 29.6 Å². The zero-order valence-corrected chi connectivity index (χ0v) is 10.9. The summed E-state index contributed by atoms with van der Waals surface area (Å²) in [5.74, 6) is 1.16. The third kappa shape index (κ3) is 1.89. The number of thiophene rings is 1. The lowest BCUT2D eigenvalue weighted by atomic mass is 10.2. The molecule has 5 nitrogen and oxygen atoms in total. The summed E-state index contributed by atoms with van der Waals surface area (Å²) >= 11 is 1.65. The maximum Gasteiger partial charge on any atom is 0.243 e. The highest BCUT2D eigenvalue weighted by molar-refractivity contribution is 7.17. The second kappa shape index (κ2) is 4.47. The molecule has 1 N–H and O–H groups in total. The van der Waals surface area contributed by atoms with E-state index in [1.807, 2.05) is 31.5 Å². The highest BCUT2D eigenvalue weighted by atomic mass is 32.1. The molecule has 3 rings (SSSR count). The molecule has 0 spiro atoms. The van der Waals surface area contributed by atoms with Crippen LogP contribution >= 0.6 is 11.3 Å². The van der Waals surface area contributed by atoms with E-state index in [0.717, 1.165) is 15.8 Å². The molecule has 0 saturated heterocycles. The summed E-state index contributed by atoms with van der Waals surface area (Å²) in [7, 11) is 1.85. The number of fused-ring (bicyclic) bond motifs is 1. The van der Waals surface area contributed by atoms with E-state index in [9.17, 15) is 0 Å². The lowest BCUT2D eigenvalue weighted by Crippen LogP contribution is -2.12. The molecule has 92 valence electrons. The van der Waals surface area contributed by atoms with Gasteiger partial charge >= 0.3 is 0 Å². The molecule has 0 radical (unpaired) electrons. The van der Waals surface area contributed by atoms with Crippen LogP contribution in [0.2, 0.25) is 0 Å². The van der Waals surface area contributed by atoms with Crippen LogP contribution in [0.25, 0.3) is 21.6 Å². The SMILES string of the molecule is CNC(C)c1nc(-c2cnc3ccsc3c2)no1. The lowest BCUT2D eigenvalue weighted by molar-refractivity contribution is 0.347. The summed E-state index contributed by atoms with van der Waals surface area (Å²) in [6.07, 6.45) is 1.77. The molecule has 0 aliphatic carbocycles. The highest BCUT2D eigenvalue weighted by Gasteiger charge is 2.14. The minimum absolute atomic E-state index is 0.0460. The third-order valence-corrected chi connectivity index (χ3v) is 3.66. The fourth-order valence-corrected chi connectivity index (χ4v) is 2.40. The van der Waals surface area contributed by atoms with Crippen LogP contribution in [0.4, 0.5) is 0 Å². The van der Waals surface area contributed by atoms with E-state index in [4.69, 9.17) is 4.52 Å². The zero-order valence-electron chi connectivity index (χ0n) is 10.0. The average molecular weight is 260 g/mol. The van der Waals surface area contributed by atoms with Crippen molar-refractivity contribution in [3.63, 3.8) is 0 Å². The van der Waals surface area contributed by atoms with Gasteiger partial charge in [-0.25, -0.2) is 0 Å². The van der Waals surface area contributed by atoms with Crippen molar-refractivity contribution < 1.29 is 4.52 Å². The van der Waals surface area contributed by atoms with E-state index < -0.39 is 0 Å². The van der Waals surface area contributed by atoms with E-state index in [0.29, 0.717) is 11.7 Å². The Hall–Kier alpha value is -1.79. The maximum absolute atomic E-state index is 5.22. The van der Waals surface area contributed by atoms with Gasteiger partial charge < -0.3 is 9.84 Å². The molecular weight excluding hydrogens is 248 g/mol. The summed E-state index contributed by atoms with van der Waals surface area (Å²) in [5.41, 5.74) is 1.87. The molecule has 3 heterocycles. The summed E-state index contributed by atoms with van der Waals surface area (Å²) in [6, 6.07) is 4.07. The standard InChI is InChI=1S/C12H12N4OS/c1-7(13-2)12-15-11(16-17-12)8-5-10-9(14-6-8)3-4-18-10/h3-7,13H,1-2H3. The Morgan fingerprint density at radius 1 is 1.44 bits per heavy atom. The fraction of sp³-hybridized carbons (Fsp3) is 0.250. The number of hydrogen-bond donors (Lipinski definition) is 1. The van der Waals surface area contributed by atoms with Gasteiger partial charge in [-0.1, -0.05) is 5.16 Å². The van der Waals surface area contributed by atoms with E-state index >= 15 is 0 Å². The summed E-state index contributed by atoms with van der Waals surface area (Å²) in [6.45, 7) is 1.97. The number of aromatic nitrogens is 3. The van der Waals surface area contributed by atoms with Crippen molar-refractivity contribution in [2.24, 2.45) is 0 Å². The first-order chi connectivity index (χ1) is 8.78. The van der Waals surface area contributed by atoms with Crippen LogP contribution < -0.4 is 5.32 Å². The molecule has 3 aromatic rings. The first-order valence-corrected chi connectivity index (χ1v) is 6.50. The quantitative estimate of drug-likeness (QED) is 0.784. The van der Waals surface area contributed by atoms with Gasteiger partial charge in [0.1, 0.15) is 0 Å². The van der Waals surface area contributed by atoms with Gasteiger partial charge in [-0.2, -0.15) is 4.98 Å². The minimum Gasteiger partial charge on any atom is -0.337 e. The van der Waals surface area contributed by atoms with Gasteiger partial charge in [-0.3, -0.25) is 4.98 Å². The lowest BCUT2D eigenvalue weighted by Gasteiger charge is -2.01. The molecule has 3 aromatic heterocycles. The van der Waals surface area contributed by atoms with Crippen LogP contribution in [-0.2, 0) is 0 Å². The molecule has 1 atom stereocenters. The van der Waals surface area contributed by atoms with Gasteiger partial charge in [0.15, 0.2) is 0 Å². The molecule has 6 heteroatoms. The van der Waals surface area contributed by atoms with Crippen LogP contribution in [-0.4, -0.2) is 22.2 Å². The average Bonchev–Trinajstić information content (AvgIpc) is 3.05. The Balaban J connectivity index is 2.00. The number of hydrogen-bond acceptors (Lipinski definition) is 6. The van der Waals surface area contributed by atoms with Crippen LogP contribution in [0.15, 0.2) is 28.2 Å². The van der Waals surface area contributed by atoms with Gasteiger partial charge in [0.25, 0.3) is 0 Å². The van der Waals surface area contributed by atoms with Crippen molar-refractivity contribution >= 4 is 21.6 Å². The predicted octanol–water partition coefficient (Wildman–Crippen LogP) is 2.63.